The third-order valence-electron chi connectivity index (χ3n) is 3.41. The van der Waals surface area contributed by atoms with Crippen molar-refractivity contribution in [1.29, 1.82) is 0 Å². The van der Waals surface area contributed by atoms with E-state index in [4.69, 9.17) is 16.9 Å². The number of carbonyl (C=O) groups excluding carboxylic acids is 1. The number of carbonyl (C=O) groups is 1. The number of anilines is 1. The normalized spacial score (nSPS) is 10.8. The lowest BCUT2D eigenvalue weighted by molar-refractivity contribution is -0.119. The molecule has 1 amide bonds. The number of nitrogen functional groups attached to an aromatic ring is 1. The molecule has 1 aromatic carbocycles. The number of hydrogen-bond donors (Lipinski definition) is 2. The van der Waals surface area contributed by atoms with E-state index in [1.807, 2.05) is 19.9 Å². The number of thioether (sulfide) groups is 1. The molecule has 0 aliphatic carbocycles. The van der Waals surface area contributed by atoms with Crippen LogP contribution in [0.3, 0.4) is 0 Å². The number of methoxy groups -OCH3 is 1. The molecule has 0 aliphatic rings. The van der Waals surface area contributed by atoms with Crippen molar-refractivity contribution in [2.45, 2.75) is 37.1 Å². The Kier molecular flexibility index (Phi) is 6.44. The van der Waals surface area contributed by atoms with Crippen LogP contribution in [0.2, 0.25) is 0 Å². The molecule has 0 spiro atoms. The minimum Gasteiger partial charge on any atom is -0.496 e. The summed E-state index contributed by atoms with van der Waals surface area (Å²) in [6.45, 7) is 3.94. The van der Waals surface area contributed by atoms with Gasteiger partial charge in [-0.3, -0.25) is 4.79 Å². The Morgan fingerprint density at radius 3 is 2.67 bits per heavy atom. The van der Waals surface area contributed by atoms with Crippen LogP contribution in [0.4, 0.5) is 5.69 Å². The van der Waals surface area contributed by atoms with Crippen molar-refractivity contribution in [3.63, 3.8) is 0 Å². The molecule has 0 bridgehead atoms. The van der Waals surface area contributed by atoms with E-state index in [0.29, 0.717) is 24.3 Å². The Bertz CT molecular complexity index is 534. The van der Waals surface area contributed by atoms with Gasteiger partial charge in [-0.1, -0.05) is 19.8 Å². The zero-order valence-corrected chi connectivity index (χ0v) is 13.5. The Hall–Kier alpha value is -1.80. The van der Waals surface area contributed by atoms with Crippen LogP contribution in [0, 0.1) is 12.3 Å². The Labute approximate surface area is 130 Å². The van der Waals surface area contributed by atoms with Crippen molar-refractivity contribution < 1.29 is 9.53 Å². The number of rotatable bonds is 7. The summed E-state index contributed by atoms with van der Waals surface area (Å²) in [7, 11) is 1.58. The lowest BCUT2D eigenvalue weighted by Crippen LogP contribution is -2.47. The summed E-state index contributed by atoms with van der Waals surface area (Å²) in [5, 5.41) is 2.94. The zero-order valence-electron chi connectivity index (χ0n) is 12.7. The van der Waals surface area contributed by atoms with Crippen LogP contribution in [0.1, 0.15) is 26.7 Å². The summed E-state index contributed by atoms with van der Waals surface area (Å²) in [5.74, 6) is 3.56. The van der Waals surface area contributed by atoms with Crippen LogP contribution >= 0.6 is 11.8 Å². The van der Waals surface area contributed by atoms with Crippen molar-refractivity contribution in [2.24, 2.45) is 0 Å². The number of terminal acetylenes is 1. The highest BCUT2D eigenvalue weighted by atomic mass is 32.2. The second-order valence-electron chi connectivity index (χ2n) is 4.68. The predicted molar refractivity (Wildman–Crippen MR) is 88.4 cm³/mol. The van der Waals surface area contributed by atoms with Gasteiger partial charge in [-0.15, -0.1) is 18.2 Å². The summed E-state index contributed by atoms with van der Waals surface area (Å²) in [6.07, 6.45) is 6.96. The summed E-state index contributed by atoms with van der Waals surface area (Å²) < 4.78 is 5.26. The second-order valence-corrected chi connectivity index (χ2v) is 5.70. The number of amides is 1. The van der Waals surface area contributed by atoms with Crippen molar-refractivity contribution in [2.75, 3.05) is 18.6 Å². The molecule has 0 fully saturated rings. The monoisotopic (exact) mass is 306 g/mol. The van der Waals surface area contributed by atoms with Crippen molar-refractivity contribution in [3.8, 4) is 18.1 Å². The molecule has 5 heteroatoms. The van der Waals surface area contributed by atoms with Gasteiger partial charge in [0.2, 0.25) is 5.91 Å². The largest absolute Gasteiger partial charge is 0.496 e. The maximum Gasteiger partial charge on any atom is 0.231 e. The third-order valence-corrected chi connectivity index (χ3v) is 4.46. The van der Waals surface area contributed by atoms with Crippen LogP contribution in [0.25, 0.3) is 0 Å². The molecule has 114 valence electrons. The van der Waals surface area contributed by atoms with E-state index in [0.717, 1.165) is 4.90 Å². The first-order valence-corrected chi connectivity index (χ1v) is 7.84. The second kappa shape index (κ2) is 7.84. The van der Waals surface area contributed by atoms with Crippen LogP contribution in [0.15, 0.2) is 23.1 Å². The number of nitrogens with two attached hydrogens (primary N) is 1. The number of hydrogen-bond acceptors (Lipinski definition) is 4. The van der Waals surface area contributed by atoms with Gasteiger partial charge < -0.3 is 15.8 Å². The summed E-state index contributed by atoms with van der Waals surface area (Å²) in [6, 6.07) is 5.37. The topological polar surface area (TPSA) is 64.4 Å². The van der Waals surface area contributed by atoms with E-state index in [9.17, 15) is 4.79 Å². The molecule has 0 aromatic heterocycles. The van der Waals surface area contributed by atoms with Crippen molar-refractivity contribution in [3.05, 3.63) is 18.2 Å². The molecule has 1 aromatic rings. The van der Waals surface area contributed by atoms with Gasteiger partial charge in [0.05, 0.1) is 12.9 Å². The molecule has 0 atom stereocenters. The molecule has 21 heavy (non-hydrogen) atoms. The van der Waals surface area contributed by atoms with Crippen LogP contribution in [-0.4, -0.2) is 24.3 Å². The highest BCUT2D eigenvalue weighted by Crippen LogP contribution is 2.31. The van der Waals surface area contributed by atoms with Crippen LogP contribution < -0.4 is 15.8 Å². The standard InChI is InChI=1S/C16H22N2O2S/c1-5-16(6-2,7-3)18-15(19)11-21-14-9-8-12(17)10-13(14)20-4/h1,8-10H,6-7,11,17H2,2-4H3,(H,18,19). The summed E-state index contributed by atoms with van der Waals surface area (Å²) >= 11 is 1.40. The van der Waals surface area contributed by atoms with Gasteiger partial charge >= 0.3 is 0 Å². The smallest absolute Gasteiger partial charge is 0.231 e. The summed E-state index contributed by atoms with van der Waals surface area (Å²) in [4.78, 5) is 13.0. The number of benzene rings is 1. The van der Waals surface area contributed by atoms with Gasteiger partial charge in [-0.05, 0) is 25.0 Å². The predicted octanol–water partition coefficient (Wildman–Crippen LogP) is 2.68. The molecule has 0 heterocycles. The third kappa shape index (κ3) is 4.61. The quantitative estimate of drug-likeness (QED) is 0.462. The van der Waals surface area contributed by atoms with E-state index < -0.39 is 5.54 Å². The van der Waals surface area contributed by atoms with E-state index in [2.05, 4.69) is 11.2 Å². The molecule has 0 unspecified atom stereocenters. The average molecular weight is 306 g/mol. The minimum absolute atomic E-state index is 0.0828. The fraction of sp³-hybridized carbons (Fsp3) is 0.438. The highest BCUT2D eigenvalue weighted by molar-refractivity contribution is 8.00. The molecule has 0 saturated heterocycles. The SMILES string of the molecule is C#CC(CC)(CC)NC(=O)CSc1ccc(N)cc1OC. The average Bonchev–Trinajstić information content (AvgIpc) is 2.51. The van der Waals surface area contributed by atoms with Gasteiger partial charge in [-0.25, -0.2) is 0 Å². The minimum atomic E-state index is -0.553. The van der Waals surface area contributed by atoms with Crippen LogP contribution in [-0.2, 0) is 4.79 Å². The van der Waals surface area contributed by atoms with E-state index >= 15 is 0 Å². The van der Waals surface area contributed by atoms with Crippen molar-refractivity contribution in [1.82, 2.24) is 5.32 Å². The first-order valence-electron chi connectivity index (χ1n) is 6.85. The molecular formula is C16H22N2O2S. The Morgan fingerprint density at radius 2 is 2.14 bits per heavy atom. The Morgan fingerprint density at radius 1 is 1.48 bits per heavy atom. The van der Waals surface area contributed by atoms with Gasteiger partial charge in [0, 0.05) is 16.6 Å². The highest BCUT2D eigenvalue weighted by Gasteiger charge is 2.25. The molecule has 0 radical (unpaired) electrons. The molecule has 4 nitrogen and oxygen atoms in total. The molecular weight excluding hydrogens is 284 g/mol. The zero-order chi connectivity index (χ0) is 15.9. The first-order chi connectivity index (χ1) is 10.00. The fourth-order valence-corrected chi connectivity index (χ4v) is 2.72. The van der Waals surface area contributed by atoms with Gasteiger partial charge in [-0.2, -0.15) is 0 Å². The van der Waals surface area contributed by atoms with Gasteiger partial charge in [0.15, 0.2) is 0 Å². The Balaban J connectivity index is 2.68. The maximum atomic E-state index is 12.1. The van der Waals surface area contributed by atoms with Crippen LogP contribution in [0.5, 0.6) is 5.75 Å². The molecule has 1 rings (SSSR count). The number of nitrogens with one attached hydrogen (secondary N) is 1. The van der Waals surface area contributed by atoms with Crippen molar-refractivity contribution >= 4 is 23.4 Å². The lowest BCUT2D eigenvalue weighted by atomic mass is 9.94. The van der Waals surface area contributed by atoms with E-state index in [1.165, 1.54) is 11.8 Å². The van der Waals surface area contributed by atoms with E-state index in [1.54, 1.807) is 19.2 Å². The summed E-state index contributed by atoms with van der Waals surface area (Å²) in [5.41, 5.74) is 5.78. The van der Waals surface area contributed by atoms with Gasteiger partial charge in [0.1, 0.15) is 11.3 Å². The molecule has 0 aliphatic heterocycles. The fourth-order valence-electron chi connectivity index (χ4n) is 1.92. The lowest BCUT2D eigenvalue weighted by Gasteiger charge is -2.27. The molecule has 0 saturated carbocycles. The molecule has 3 N–H and O–H groups in total. The maximum absolute atomic E-state index is 12.1. The first kappa shape index (κ1) is 17.3. The van der Waals surface area contributed by atoms with Gasteiger partial charge in [0.25, 0.3) is 0 Å². The number of ether oxygens (including phenoxy) is 1. The van der Waals surface area contributed by atoms with E-state index in [-0.39, 0.29) is 11.7 Å².